The fourth-order valence-electron chi connectivity index (χ4n) is 11.4. The van der Waals surface area contributed by atoms with E-state index in [4.69, 9.17) is 23.8 Å². The molecule has 0 saturated carbocycles. The zero-order valence-electron chi connectivity index (χ0n) is 40.6. The van der Waals surface area contributed by atoms with Gasteiger partial charge >= 0.3 is 0 Å². The highest BCUT2D eigenvalue weighted by molar-refractivity contribution is 6.29. The maximum Gasteiger partial charge on any atom is 0.164 e. The summed E-state index contributed by atoms with van der Waals surface area (Å²) in [5.41, 5.74) is 16.9. The lowest BCUT2D eigenvalue weighted by molar-refractivity contribution is 0.665. The Morgan fingerprint density at radius 1 is 0.387 bits per heavy atom. The SMILES string of the molecule is C1=CC(c2ccccc2)CC=C1c1nc(-c2ccc(-c3ccccc3)cc2)nc(-c2cc(-c3ccccc3)c(-n3c4ccccc4c4c5oc6ccc7c8ccccc8oc7c6c5ccc43)c(-c3ccccc3)c2)n1. The number of hydrogen-bond acceptors (Lipinski definition) is 5. The lowest BCUT2D eigenvalue weighted by Gasteiger charge is -2.21. The Morgan fingerprint density at radius 3 is 1.63 bits per heavy atom. The van der Waals surface area contributed by atoms with Crippen LogP contribution in [-0.2, 0) is 0 Å². The van der Waals surface area contributed by atoms with Gasteiger partial charge in [-0.2, -0.15) is 0 Å². The number of para-hydroxylation sites is 2. The summed E-state index contributed by atoms with van der Waals surface area (Å²) in [6, 6.07) is 81.2. The summed E-state index contributed by atoms with van der Waals surface area (Å²) in [6.07, 6.45) is 7.57. The molecule has 0 spiro atoms. The largest absolute Gasteiger partial charge is 0.455 e. The number of aromatic nitrogens is 4. The van der Waals surface area contributed by atoms with Gasteiger partial charge < -0.3 is 13.4 Å². The molecule has 0 saturated heterocycles. The normalized spacial score (nSPS) is 13.7. The number of fused-ring (bicyclic) bond motifs is 11. The fourth-order valence-corrected chi connectivity index (χ4v) is 11.4. The molecule has 14 aromatic rings. The van der Waals surface area contributed by atoms with E-state index in [-0.39, 0.29) is 5.92 Å². The van der Waals surface area contributed by atoms with Crippen molar-refractivity contribution in [3.05, 3.63) is 260 Å². The van der Waals surface area contributed by atoms with Gasteiger partial charge in [0.2, 0.25) is 0 Å². The number of furan rings is 2. The number of rotatable bonds is 8. The zero-order chi connectivity index (χ0) is 49.4. The van der Waals surface area contributed by atoms with Gasteiger partial charge in [0.15, 0.2) is 17.5 Å². The highest BCUT2D eigenvalue weighted by atomic mass is 16.3. The van der Waals surface area contributed by atoms with Gasteiger partial charge in [-0.1, -0.05) is 200 Å². The first kappa shape index (κ1) is 42.7. The van der Waals surface area contributed by atoms with Crippen molar-refractivity contribution < 1.29 is 8.83 Å². The van der Waals surface area contributed by atoms with Crippen molar-refractivity contribution in [2.75, 3.05) is 0 Å². The average Bonchev–Trinajstić information content (AvgIpc) is 4.28. The van der Waals surface area contributed by atoms with Gasteiger partial charge in [-0.05, 0) is 82.8 Å². The second kappa shape index (κ2) is 17.4. The Bertz CT molecular complexity index is 4530. The van der Waals surface area contributed by atoms with Gasteiger partial charge in [-0.15, -0.1) is 0 Å². The van der Waals surface area contributed by atoms with E-state index in [2.05, 4.69) is 235 Å². The van der Waals surface area contributed by atoms with Crippen molar-refractivity contribution in [1.82, 2.24) is 19.5 Å². The van der Waals surface area contributed by atoms with Gasteiger partial charge in [-0.25, -0.2) is 15.0 Å². The number of allylic oxidation sites excluding steroid dienone is 4. The minimum absolute atomic E-state index is 0.270. The molecule has 1 aliphatic rings. The summed E-state index contributed by atoms with van der Waals surface area (Å²) in [5.74, 6) is 2.10. The molecule has 0 aliphatic heterocycles. The third-order valence-electron chi connectivity index (χ3n) is 15.0. The zero-order valence-corrected chi connectivity index (χ0v) is 40.6. The molecule has 15 rings (SSSR count). The molecule has 352 valence electrons. The molecule has 1 aliphatic carbocycles. The van der Waals surface area contributed by atoms with E-state index >= 15 is 0 Å². The van der Waals surface area contributed by atoms with E-state index in [0.29, 0.717) is 17.5 Å². The Balaban J connectivity index is 0.972. The number of benzene rings is 10. The van der Waals surface area contributed by atoms with E-state index in [0.717, 1.165) is 128 Å². The molecule has 0 bridgehead atoms. The summed E-state index contributed by atoms with van der Waals surface area (Å²) >= 11 is 0. The second-order valence-electron chi connectivity index (χ2n) is 19.4. The molecule has 4 aromatic heterocycles. The van der Waals surface area contributed by atoms with Crippen LogP contribution in [0.5, 0.6) is 0 Å². The molecule has 6 heteroatoms. The fraction of sp³-hybridized carbons (Fsp3) is 0.0290. The molecule has 0 N–H and O–H groups in total. The van der Waals surface area contributed by atoms with E-state index in [9.17, 15) is 0 Å². The van der Waals surface area contributed by atoms with Crippen LogP contribution < -0.4 is 0 Å². The Morgan fingerprint density at radius 2 is 0.933 bits per heavy atom. The summed E-state index contributed by atoms with van der Waals surface area (Å²) in [4.78, 5) is 16.0. The molecular weight excluding hydrogens is 917 g/mol. The maximum atomic E-state index is 6.99. The second-order valence-corrected chi connectivity index (χ2v) is 19.4. The first-order chi connectivity index (χ1) is 37.2. The molecular formula is C69H44N4O2. The van der Waals surface area contributed by atoms with Crippen LogP contribution in [0, 0.1) is 0 Å². The standard InChI is InChI=1S/C69H44N4O2/c1-5-17-43(18-6-1)45-29-33-49(34-30-45)67-70-68(50-35-31-46(32-36-50)44-19-7-2-8-20-44)72-69(71-67)51-41-56(47-21-9-3-10-22-47)64(57(42-51)48-23-11-4-12-24-48)73-58-27-15-13-26-54(58)62-59(73)39-37-55-63-61(75-66(55)62)40-38-53-52-25-14-16-28-60(52)74-65(53)63/h1-31,33-42,46H,32H2. The number of nitrogens with zero attached hydrogens (tertiary/aromatic N) is 4. The van der Waals surface area contributed by atoms with Crippen molar-refractivity contribution in [2.24, 2.45) is 0 Å². The summed E-state index contributed by atoms with van der Waals surface area (Å²) in [7, 11) is 0. The molecule has 0 amide bonds. The van der Waals surface area contributed by atoms with E-state index < -0.39 is 0 Å². The van der Waals surface area contributed by atoms with Gasteiger partial charge in [0.05, 0.1) is 27.5 Å². The van der Waals surface area contributed by atoms with Crippen LogP contribution in [-0.4, -0.2) is 19.5 Å². The predicted octanol–water partition coefficient (Wildman–Crippen LogP) is 18.2. The third kappa shape index (κ3) is 7.13. The first-order valence-corrected chi connectivity index (χ1v) is 25.5. The molecule has 75 heavy (non-hydrogen) atoms. The minimum Gasteiger partial charge on any atom is -0.455 e. The third-order valence-corrected chi connectivity index (χ3v) is 15.0. The molecule has 1 atom stereocenters. The lowest BCUT2D eigenvalue weighted by Crippen LogP contribution is -2.06. The highest BCUT2D eigenvalue weighted by Gasteiger charge is 2.26. The highest BCUT2D eigenvalue weighted by Crippen LogP contribution is 2.48. The van der Waals surface area contributed by atoms with Crippen molar-refractivity contribution >= 4 is 71.3 Å². The van der Waals surface area contributed by atoms with Gasteiger partial charge in [0.1, 0.15) is 22.3 Å². The molecule has 4 heterocycles. The van der Waals surface area contributed by atoms with Gasteiger partial charge in [0.25, 0.3) is 0 Å². The molecule has 0 fully saturated rings. The molecule has 10 aromatic carbocycles. The summed E-state index contributed by atoms with van der Waals surface area (Å²) in [6.45, 7) is 0. The van der Waals surface area contributed by atoms with Crippen molar-refractivity contribution in [3.8, 4) is 61.8 Å². The van der Waals surface area contributed by atoms with Crippen LogP contribution in [0.25, 0.3) is 133 Å². The van der Waals surface area contributed by atoms with Crippen LogP contribution in [0.15, 0.2) is 258 Å². The minimum atomic E-state index is 0.270. The molecule has 6 nitrogen and oxygen atoms in total. The monoisotopic (exact) mass is 960 g/mol. The quantitative estimate of drug-likeness (QED) is 0.152. The van der Waals surface area contributed by atoms with E-state index in [1.54, 1.807) is 0 Å². The van der Waals surface area contributed by atoms with E-state index in [1.807, 2.05) is 18.2 Å². The lowest BCUT2D eigenvalue weighted by atomic mass is 9.90. The van der Waals surface area contributed by atoms with Gasteiger partial charge in [0, 0.05) is 55.3 Å². The van der Waals surface area contributed by atoms with Crippen LogP contribution in [0.2, 0.25) is 0 Å². The van der Waals surface area contributed by atoms with Crippen LogP contribution in [0.1, 0.15) is 23.7 Å². The van der Waals surface area contributed by atoms with Gasteiger partial charge in [-0.3, -0.25) is 0 Å². The first-order valence-electron chi connectivity index (χ1n) is 25.5. The Kier molecular flexibility index (Phi) is 9.91. The predicted molar refractivity (Wildman–Crippen MR) is 307 cm³/mol. The Labute approximate surface area is 431 Å². The Hall–Kier alpha value is -9.91. The maximum absolute atomic E-state index is 6.99. The van der Waals surface area contributed by atoms with Crippen LogP contribution >= 0.6 is 0 Å². The van der Waals surface area contributed by atoms with Crippen LogP contribution in [0.3, 0.4) is 0 Å². The average molecular weight is 961 g/mol. The summed E-state index contributed by atoms with van der Waals surface area (Å²) < 4.78 is 16.0. The number of hydrogen-bond donors (Lipinski definition) is 0. The topological polar surface area (TPSA) is 69.9 Å². The summed E-state index contributed by atoms with van der Waals surface area (Å²) in [5, 5.41) is 6.30. The van der Waals surface area contributed by atoms with Crippen molar-refractivity contribution in [2.45, 2.75) is 12.3 Å². The van der Waals surface area contributed by atoms with Crippen molar-refractivity contribution in [1.29, 1.82) is 0 Å². The van der Waals surface area contributed by atoms with E-state index in [1.165, 1.54) is 5.56 Å². The molecule has 1 unspecified atom stereocenters. The molecule has 0 radical (unpaired) electrons. The smallest absolute Gasteiger partial charge is 0.164 e. The van der Waals surface area contributed by atoms with Crippen molar-refractivity contribution in [3.63, 3.8) is 0 Å². The van der Waals surface area contributed by atoms with Crippen LogP contribution in [0.4, 0.5) is 0 Å².